The molecule has 0 fully saturated rings. The Morgan fingerprint density at radius 1 is 0.667 bits per heavy atom. The minimum absolute atomic E-state index is 0.688. The van der Waals surface area contributed by atoms with E-state index < -0.39 is 5.60 Å². The van der Waals surface area contributed by atoms with Gasteiger partial charge in [0.1, 0.15) is 11.5 Å². The zero-order valence-corrected chi connectivity index (χ0v) is 20.4. The SMILES string of the molecule is COc1ccc2c3c(ccc2c1)OC(c1ccccc1)(c1ccc(CCc2ccccc2)cc1)C=C3. The lowest BCUT2D eigenvalue weighted by Gasteiger charge is -2.36. The molecule has 1 aliphatic heterocycles. The van der Waals surface area contributed by atoms with E-state index in [0.717, 1.165) is 51.8 Å². The smallest absolute Gasteiger partial charge is 0.178 e. The van der Waals surface area contributed by atoms with Gasteiger partial charge in [-0.1, -0.05) is 91.0 Å². The lowest BCUT2D eigenvalue weighted by atomic mass is 9.82. The van der Waals surface area contributed by atoms with Crippen LogP contribution in [0.25, 0.3) is 16.8 Å². The van der Waals surface area contributed by atoms with Crippen molar-refractivity contribution in [1.82, 2.24) is 0 Å². The largest absolute Gasteiger partial charge is 0.497 e. The number of hydrogen-bond acceptors (Lipinski definition) is 2. The predicted molar refractivity (Wildman–Crippen MR) is 148 cm³/mol. The van der Waals surface area contributed by atoms with E-state index in [1.165, 1.54) is 11.1 Å². The van der Waals surface area contributed by atoms with Crippen LogP contribution in [-0.4, -0.2) is 7.11 Å². The number of rotatable bonds is 6. The van der Waals surface area contributed by atoms with Gasteiger partial charge in [-0.25, -0.2) is 0 Å². The van der Waals surface area contributed by atoms with E-state index in [-0.39, 0.29) is 0 Å². The molecule has 0 radical (unpaired) electrons. The first kappa shape index (κ1) is 22.2. The average Bonchev–Trinajstić information content (AvgIpc) is 2.96. The molecule has 0 amide bonds. The fourth-order valence-corrected chi connectivity index (χ4v) is 5.12. The van der Waals surface area contributed by atoms with Crippen LogP contribution in [0.3, 0.4) is 0 Å². The summed E-state index contributed by atoms with van der Waals surface area (Å²) >= 11 is 0. The molecule has 5 aromatic carbocycles. The Morgan fingerprint density at radius 2 is 1.33 bits per heavy atom. The molecule has 0 N–H and O–H groups in total. The van der Waals surface area contributed by atoms with Crippen LogP contribution in [0.1, 0.15) is 27.8 Å². The molecule has 0 saturated heterocycles. The highest BCUT2D eigenvalue weighted by molar-refractivity contribution is 5.94. The standard InChI is InChI=1S/C34H28O2/c1-35-30-19-20-31-27(24-30)16-21-33-32(31)22-23-34(36-33,28-10-6-3-7-11-28)29-17-14-26(15-18-29)13-12-25-8-4-2-5-9-25/h2-11,14-24H,12-13H2,1H3. The van der Waals surface area contributed by atoms with Crippen molar-refractivity contribution in [1.29, 1.82) is 0 Å². The summed E-state index contributed by atoms with van der Waals surface area (Å²) in [5, 5.41) is 2.29. The number of fused-ring (bicyclic) bond motifs is 3. The minimum Gasteiger partial charge on any atom is -0.497 e. The van der Waals surface area contributed by atoms with Gasteiger partial charge >= 0.3 is 0 Å². The van der Waals surface area contributed by atoms with E-state index in [1.54, 1.807) is 7.11 Å². The molecule has 6 rings (SSSR count). The summed E-state index contributed by atoms with van der Waals surface area (Å²) < 4.78 is 12.3. The Bertz CT molecular complexity index is 1520. The summed E-state index contributed by atoms with van der Waals surface area (Å²) in [5.41, 5.74) is 5.33. The van der Waals surface area contributed by atoms with Gasteiger partial charge in [0, 0.05) is 16.7 Å². The van der Waals surface area contributed by atoms with Crippen LogP contribution >= 0.6 is 0 Å². The highest BCUT2D eigenvalue weighted by Crippen LogP contribution is 2.44. The van der Waals surface area contributed by atoms with E-state index in [1.807, 2.05) is 12.1 Å². The molecule has 0 aliphatic carbocycles. The third kappa shape index (κ3) is 4.05. The molecular weight excluding hydrogens is 440 g/mol. The van der Waals surface area contributed by atoms with E-state index in [0.29, 0.717) is 0 Å². The average molecular weight is 469 g/mol. The van der Waals surface area contributed by atoms with Gasteiger partial charge in [0.25, 0.3) is 0 Å². The molecule has 0 bridgehead atoms. The second-order valence-electron chi connectivity index (χ2n) is 9.28. The van der Waals surface area contributed by atoms with E-state index >= 15 is 0 Å². The summed E-state index contributed by atoms with van der Waals surface area (Å²) in [6, 6.07) is 40.4. The van der Waals surface area contributed by atoms with Crippen molar-refractivity contribution in [3.8, 4) is 11.5 Å². The monoisotopic (exact) mass is 468 g/mol. The Morgan fingerprint density at radius 3 is 2.06 bits per heavy atom. The van der Waals surface area contributed by atoms with Crippen molar-refractivity contribution in [3.05, 3.63) is 149 Å². The predicted octanol–water partition coefficient (Wildman–Crippen LogP) is 7.98. The van der Waals surface area contributed by atoms with Crippen LogP contribution in [0.4, 0.5) is 0 Å². The second-order valence-corrected chi connectivity index (χ2v) is 9.28. The molecule has 1 unspecified atom stereocenters. The molecule has 36 heavy (non-hydrogen) atoms. The van der Waals surface area contributed by atoms with Crippen molar-refractivity contribution in [2.45, 2.75) is 18.4 Å². The third-order valence-electron chi connectivity index (χ3n) is 7.11. The zero-order chi connectivity index (χ0) is 24.4. The molecule has 1 aliphatic rings. The second kappa shape index (κ2) is 9.39. The molecule has 176 valence electrons. The topological polar surface area (TPSA) is 18.5 Å². The fraction of sp³-hybridized carbons (Fsp3) is 0.118. The van der Waals surface area contributed by atoms with Gasteiger partial charge < -0.3 is 9.47 Å². The highest BCUT2D eigenvalue weighted by atomic mass is 16.5. The van der Waals surface area contributed by atoms with Crippen molar-refractivity contribution < 1.29 is 9.47 Å². The van der Waals surface area contributed by atoms with Gasteiger partial charge in [0.15, 0.2) is 5.60 Å². The van der Waals surface area contributed by atoms with Gasteiger partial charge in [-0.05, 0) is 71.2 Å². The summed E-state index contributed by atoms with van der Waals surface area (Å²) in [4.78, 5) is 0. The van der Waals surface area contributed by atoms with Crippen LogP contribution in [0.15, 0.2) is 121 Å². The maximum atomic E-state index is 6.91. The Kier molecular flexibility index (Phi) is 5.79. The van der Waals surface area contributed by atoms with E-state index in [2.05, 4.69) is 115 Å². The quantitative estimate of drug-likeness (QED) is 0.251. The Labute approximate surface area is 212 Å². The Balaban J connectivity index is 1.37. The molecule has 2 nitrogen and oxygen atoms in total. The summed E-state index contributed by atoms with van der Waals surface area (Å²) in [5.74, 6) is 1.74. The van der Waals surface area contributed by atoms with Crippen LogP contribution in [0.5, 0.6) is 11.5 Å². The Hall–Kier alpha value is -4.30. The van der Waals surface area contributed by atoms with Crippen LogP contribution in [0, 0.1) is 0 Å². The van der Waals surface area contributed by atoms with Crippen molar-refractivity contribution >= 4 is 16.8 Å². The van der Waals surface area contributed by atoms with Crippen molar-refractivity contribution in [2.75, 3.05) is 7.11 Å². The molecule has 1 heterocycles. The lowest BCUT2D eigenvalue weighted by molar-refractivity contribution is 0.161. The van der Waals surface area contributed by atoms with E-state index in [9.17, 15) is 0 Å². The molecule has 1 atom stereocenters. The first-order valence-corrected chi connectivity index (χ1v) is 12.4. The number of methoxy groups -OCH3 is 1. The number of benzene rings is 5. The summed E-state index contributed by atoms with van der Waals surface area (Å²) in [6.45, 7) is 0. The minimum atomic E-state index is -0.688. The zero-order valence-electron chi connectivity index (χ0n) is 20.4. The molecule has 0 saturated carbocycles. The van der Waals surface area contributed by atoms with Gasteiger partial charge in [-0.2, -0.15) is 0 Å². The lowest BCUT2D eigenvalue weighted by Crippen LogP contribution is -2.34. The first-order chi connectivity index (χ1) is 17.7. The van der Waals surface area contributed by atoms with Gasteiger partial charge in [-0.15, -0.1) is 0 Å². The number of hydrogen-bond donors (Lipinski definition) is 0. The summed E-state index contributed by atoms with van der Waals surface area (Å²) in [6.07, 6.45) is 6.46. The van der Waals surface area contributed by atoms with Gasteiger partial charge in [0.2, 0.25) is 0 Å². The maximum absolute atomic E-state index is 6.91. The van der Waals surface area contributed by atoms with Gasteiger partial charge in [-0.3, -0.25) is 0 Å². The molecule has 2 heteroatoms. The highest BCUT2D eigenvalue weighted by Gasteiger charge is 2.37. The molecule has 5 aromatic rings. The molecular formula is C34H28O2. The summed E-state index contributed by atoms with van der Waals surface area (Å²) in [7, 11) is 1.70. The fourth-order valence-electron chi connectivity index (χ4n) is 5.12. The first-order valence-electron chi connectivity index (χ1n) is 12.4. The molecule has 0 spiro atoms. The van der Waals surface area contributed by atoms with Crippen LogP contribution in [-0.2, 0) is 18.4 Å². The van der Waals surface area contributed by atoms with E-state index in [4.69, 9.17) is 9.47 Å². The van der Waals surface area contributed by atoms with Crippen LogP contribution in [0.2, 0.25) is 0 Å². The third-order valence-corrected chi connectivity index (χ3v) is 7.11. The van der Waals surface area contributed by atoms with Crippen molar-refractivity contribution in [2.24, 2.45) is 0 Å². The normalized spacial score (nSPS) is 16.4. The molecule has 0 aromatic heterocycles. The van der Waals surface area contributed by atoms with Crippen molar-refractivity contribution in [3.63, 3.8) is 0 Å². The van der Waals surface area contributed by atoms with Gasteiger partial charge in [0.05, 0.1) is 7.11 Å². The number of ether oxygens (including phenoxy) is 2. The number of aryl methyl sites for hydroxylation is 2. The maximum Gasteiger partial charge on any atom is 0.178 e. The van der Waals surface area contributed by atoms with Crippen LogP contribution < -0.4 is 9.47 Å².